The van der Waals surface area contributed by atoms with Crippen molar-refractivity contribution in [2.45, 2.75) is 12.7 Å². The Labute approximate surface area is 236 Å². The molecule has 42 heavy (non-hydrogen) atoms. The maximum absolute atomic E-state index is 13.6. The summed E-state index contributed by atoms with van der Waals surface area (Å²) in [4.78, 5) is 48.9. The number of halogens is 3. The quantitative estimate of drug-likeness (QED) is 0.338. The minimum atomic E-state index is -4.81. The van der Waals surface area contributed by atoms with E-state index in [4.69, 9.17) is 9.47 Å². The van der Waals surface area contributed by atoms with E-state index in [0.717, 1.165) is 17.7 Å². The molecule has 0 atom stereocenters. The summed E-state index contributed by atoms with van der Waals surface area (Å²) in [6.45, 7) is 2.02. The molecule has 4 heterocycles. The number of morpholine rings is 1. The summed E-state index contributed by atoms with van der Waals surface area (Å²) in [6.07, 6.45) is -4.66. The van der Waals surface area contributed by atoms with Crippen LogP contribution in [-0.4, -0.2) is 60.0 Å². The van der Waals surface area contributed by atoms with E-state index < -0.39 is 47.4 Å². The molecule has 14 heteroatoms. The monoisotopic (exact) mass is 583 g/mol. The Morgan fingerprint density at radius 1 is 1.05 bits per heavy atom. The average Bonchev–Trinajstić information content (AvgIpc) is 3.01. The number of hydrogen-bond acceptors (Lipinski definition) is 9. The van der Waals surface area contributed by atoms with E-state index in [9.17, 15) is 27.6 Å². The Bertz CT molecular complexity index is 1670. The summed E-state index contributed by atoms with van der Waals surface area (Å²) < 4.78 is 57.1. The van der Waals surface area contributed by atoms with Gasteiger partial charge in [0.25, 0.3) is 5.91 Å². The molecule has 0 radical (unpaired) electrons. The molecule has 0 unspecified atom stereocenters. The van der Waals surface area contributed by atoms with Gasteiger partial charge in [-0.25, -0.2) is 14.8 Å². The number of methoxy groups -OCH3 is 1. The van der Waals surface area contributed by atoms with Crippen molar-refractivity contribution in [1.82, 2.24) is 19.9 Å². The molecule has 1 fully saturated rings. The fraction of sp³-hybridized carbons (Fsp3) is 0.250. The number of carbonyl (C=O) groups is 2. The van der Waals surface area contributed by atoms with E-state index in [2.05, 4.69) is 20.0 Å². The number of ether oxygens (including phenoxy) is 3. The van der Waals surface area contributed by atoms with Crippen LogP contribution in [0.5, 0.6) is 5.88 Å². The van der Waals surface area contributed by atoms with E-state index in [1.165, 1.54) is 18.3 Å². The largest absolute Gasteiger partial charge is 0.514 e. The Hall–Kier alpha value is -4.98. The first kappa shape index (κ1) is 28.5. The molecule has 1 aliphatic rings. The molecular formula is C28H24F3N5O6. The lowest BCUT2D eigenvalue weighted by Crippen LogP contribution is -2.36. The molecule has 0 saturated carbocycles. The number of amides is 1. The number of hydrogen-bond donors (Lipinski definition) is 1. The number of fused-ring (bicyclic) bond motifs is 1. The van der Waals surface area contributed by atoms with Gasteiger partial charge in [-0.1, -0.05) is 18.2 Å². The predicted octanol–water partition coefficient (Wildman–Crippen LogP) is 3.71. The Morgan fingerprint density at radius 3 is 2.43 bits per heavy atom. The summed E-state index contributed by atoms with van der Waals surface area (Å²) in [5.41, 5.74) is -2.23. The van der Waals surface area contributed by atoms with E-state index >= 15 is 0 Å². The van der Waals surface area contributed by atoms with Crippen LogP contribution in [-0.2, 0) is 22.2 Å². The molecular weight excluding hydrogens is 559 g/mol. The number of nitrogens with zero attached hydrogens (tertiary/aromatic N) is 4. The summed E-state index contributed by atoms with van der Waals surface area (Å²) in [5.74, 6) is -0.371. The average molecular weight is 584 g/mol. The van der Waals surface area contributed by atoms with E-state index in [0.29, 0.717) is 38.2 Å². The highest BCUT2D eigenvalue weighted by Crippen LogP contribution is 2.32. The normalized spacial score (nSPS) is 13.6. The molecule has 1 saturated heterocycles. The van der Waals surface area contributed by atoms with Gasteiger partial charge < -0.3 is 24.4 Å². The Balaban J connectivity index is 1.56. The van der Waals surface area contributed by atoms with E-state index in [1.54, 1.807) is 30.3 Å². The van der Waals surface area contributed by atoms with Crippen LogP contribution in [0.4, 0.5) is 23.8 Å². The summed E-state index contributed by atoms with van der Waals surface area (Å²) >= 11 is 0. The second-order valence-corrected chi connectivity index (χ2v) is 9.09. The van der Waals surface area contributed by atoms with Crippen molar-refractivity contribution in [2.75, 3.05) is 38.3 Å². The lowest BCUT2D eigenvalue weighted by Gasteiger charge is -2.27. The molecule has 1 amide bonds. The maximum Gasteiger partial charge on any atom is 0.514 e. The molecule has 3 aromatic heterocycles. The first-order valence-electron chi connectivity index (χ1n) is 12.7. The lowest BCUT2D eigenvalue weighted by molar-refractivity contribution is -0.141. The molecule has 218 valence electrons. The van der Waals surface area contributed by atoms with Crippen molar-refractivity contribution in [2.24, 2.45) is 0 Å². The zero-order valence-corrected chi connectivity index (χ0v) is 22.2. The number of pyridine rings is 3. The number of nitrogens with one attached hydrogen (secondary N) is 1. The van der Waals surface area contributed by atoms with Crippen molar-refractivity contribution in [1.29, 1.82) is 0 Å². The van der Waals surface area contributed by atoms with E-state index in [1.807, 2.05) is 4.90 Å². The van der Waals surface area contributed by atoms with Gasteiger partial charge in [-0.3, -0.25) is 14.2 Å². The van der Waals surface area contributed by atoms with Crippen LogP contribution in [0.1, 0.15) is 21.6 Å². The van der Waals surface area contributed by atoms with Gasteiger partial charge in [0.05, 0.1) is 49.1 Å². The van der Waals surface area contributed by atoms with Crippen LogP contribution in [0.3, 0.4) is 0 Å². The fourth-order valence-electron chi connectivity index (χ4n) is 4.42. The van der Waals surface area contributed by atoms with Crippen LogP contribution in [0.2, 0.25) is 0 Å². The van der Waals surface area contributed by atoms with Crippen molar-refractivity contribution >= 4 is 28.9 Å². The van der Waals surface area contributed by atoms with Gasteiger partial charge in [0, 0.05) is 19.3 Å². The van der Waals surface area contributed by atoms with Crippen LogP contribution >= 0.6 is 0 Å². The van der Waals surface area contributed by atoms with Crippen molar-refractivity contribution in [3.8, 4) is 11.6 Å². The van der Waals surface area contributed by atoms with Crippen LogP contribution in [0.15, 0.2) is 65.6 Å². The number of alkyl halides is 3. The zero-order valence-electron chi connectivity index (χ0n) is 22.2. The Kier molecular flexibility index (Phi) is 8.06. The summed E-state index contributed by atoms with van der Waals surface area (Å²) in [7, 11) is 1.03. The standard InChI is InChI=1S/C28H24F3N5O6/c1-40-27(39)42-26-20(16-33-25(38)17-7-10-22(32-15-17)35-11-13-41-14-12-35)23(37)19-8-9-21(28(29,30)31)34-24(19)36(26)18-5-3-2-4-6-18/h2-10,15H,11-14,16H2,1H3,(H,33,38). The lowest BCUT2D eigenvalue weighted by atomic mass is 10.1. The molecule has 1 aromatic carbocycles. The topological polar surface area (TPSA) is 125 Å². The van der Waals surface area contributed by atoms with Gasteiger partial charge in [0.2, 0.25) is 5.88 Å². The molecule has 11 nitrogen and oxygen atoms in total. The van der Waals surface area contributed by atoms with Gasteiger partial charge >= 0.3 is 12.3 Å². The zero-order chi connectivity index (χ0) is 29.9. The third-order valence-electron chi connectivity index (χ3n) is 6.49. The van der Waals surface area contributed by atoms with Crippen molar-refractivity contribution in [3.05, 3.63) is 87.8 Å². The highest BCUT2D eigenvalue weighted by molar-refractivity contribution is 5.94. The number of anilines is 1. The molecule has 4 aromatic rings. The SMILES string of the molecule is COC(=O)Oc1c(CNC(=O)c2ccc(N3CCOCC3)nc2)c(=O)c2ccc(C(F)(F)F)nc2n1-c1ccccc1. The van der Waals surface area contributed by atoms with E-state index in [-0.39, 0.29) is 22.2 Å². The number of carbonyl (C=O) groups excluding carboxylic acids is 2. The molecule has 1 aliphatic heterocycles. The fourth-order valence-corrected chi connectivity index (χ4v) is 4.42. The highest BCUT2D eigenvalue weighted by Gasteiger charge is 2.34. The van der Waals surface area contributed by atoms with Gasteiger partial charge in [0.15, 0.2) is 11.1 Å². The van der Waals surface area contributed by atoms with Gasteiger partial charge in [0.1, 0.15) is 11.5 Å². The second kappa shape index (κ2) is 11.9. The smallest absolute Gasteiger partial charge is 0.437 e. The first-order chi connectivity index (χ1) is 20.2. The number of benzene rings is 1. The molecule has 0 spiro atoms. The summed E-state index contributed by atoms with van der Waals surface area (Å²) in [5, 5.41) is 2.42. The van der Waals surface area contributed by atoms with Crippen molar-refractivity contribution in [3.63, 3.8) is 0 Å². The van der Waals surface area contributed by atoms with Gasteiger partial charge in [-0.05, 0) is 36.4 Å². The molecule has 1 N–H and O–H groups in total. The molecule has 0 bridgehead atoms. The third-order valence-corrected chi connectivity index (χ3v) is 6.49. The minimum Gasteiger partial charge on any atom is -0.437 e. The second-order valence-electron chi connectivity index (χ2n) is 9.09. The van der Waals surface area contributed by atoms with Gasteiger partial charge in [-0.15, -0.1) is 0 Å². The number of para-hydroxylation sites is 1. The first-order valence-corrected chi connectivity index (χ1v) is 12.7. The van der Waals surface area contributed by atoms with Crippen LogP contribution in [0.25, 0.3) is 16.7 Å². The Morgan fingerprint density at radius 2 is 1.79 bits per heavy atom. The van der Waals surface area contributed by atoms with Crippen molar-refractivity contribution < 1.29 is 37.0 Å². The number of rotatable bonds is 6. The molecule has 0 aliphatic carbocycles. The maximum atomic E-state index is 13.6. The van der Waals surface area contributed by atoms with Crippen LogP contribution in [0, 0.1) is 0 Å². The predicted molar refractivity (Wildman–Crippen MR) is 144 cm³/mol. The third kappa shape index (κ3) is 5.88. The van der Waals surface area contributed by atoms with Crippen LogP contribution < -0.4 is 20.4 Å². The minimum absolute atomic E-state index is 0.190. The highest BCUT2D eigenvalue weighted by atomic mass is 19.4. The summed E-state index contributed by atoms with van der Waals surface area (Å²) in [6, 6.07) is 12.9. The number of aromatic nitrogens is 3. The molecule has 5 rings (SSSR count). The van der Waals surface area contributed by atoms with Gasteiger partial charge in [-0.2, -0.15) is 13.2 Å².